The molecule has 2 rings (SSSR count). The minimum absolute atomic E-state index is 0.395. The van der Waals surface area contributed by atoms with Crippen molar-refractivity contribution in [1.82, 2.24) is 10.6 Å². The van der Waals surface area contributed by atoms with Crippen molar-refractivity contribution < 1.29 is 14.3 Å². The lowest BCUT2D eigenvalue weighted by molar-refractivity contribution is -0.120. The van der Waals surface area contributed by atoms with Crippen LogP contribution in [0.4, 0.5) is 4.79 Å². The van der Waals surface area contributed by atoms with Crippen LogP contribution in [0.5, 0.6) is 5.75 Å². The second-order valence-corrected chi connectivity index (χ2v) is 3.46. The lowest BCUT2D eigenvalue weighted by Crippen LogP contribution is -2.22. The van der Waals surface area contributed by atoms with Crippen LogP contribution in [-0.2, 0) is 4.79 Å². The van der Waals surface area contributed by atoms with E-state index in [2.05, 4.69) is 10.6 Å². The zero-order valence-electron chi connectivity index (χ0n) is 8.98. The monoisotopic (exact) mass is 231 g/mol. The van der Waals surface area contributed by atoms with Crippen LogP contribution < -0.4 is 15.4 Å². The lowest BCUT2D eigenvalue weighted by Gasteiger charge is -2.12. The van der Waals surface area contributed by atoms with Gasteiger partial charge in [-0.25, -0.2) is 4.79 Å². The molecule has 1 unspecified atom stereocenters. The van der Waals surface area contributed by atoms with E-state index in [1.54, 1.807) is 12.1 Å². The second kappa shape index (κ2) is 4.14. The fourth-order valence-electron chi connectivity index (χ4n) is 1.65. The minimum atomic E-state index is -0.773. The van der Waals surface area contributed by atoms with Crippen molar-refractivity contribution in [3.8, 4) is 11.8 Å². The van der Waals surface area contributed by atoms with E-state index >= 15 is 0 Å². The molecule has 2 N–H and O–H groups in total. The normalized spacial score (nSPS) is 18.2. The molecule has 0 aromatic heterocycles. The van der Waals surface area contributed by atoms with Crippen LogP contribution in [0, 0.1) is 11.3 Å². The fourth-order valence-corrected chi connectivity index (χ4v) is 1.65. The number of rotatable bonds is 2. The molecule has 1 saturated heterocycles. The van der Waals surface area contributed by atoms with Crippen molar-refractivity contribution in [2.45, 2.75) is 6.04 Å². The largest absolute Gasteiger partial charge is 0.496 e. The molecule has 6 heteroatoms. The molecule has 1 aromatic carbocycles. The summed E-state index contributed by atoms with van der Waals surface area (Å²) < 4.78 is 5.10. The van der Waals surface area contributed by atoms with Gasteiger partial charge in [-0.15, -0.1) is 0 Å². The summed E-state index contributed by atoms with van der Waals surface area (Å²) in [4.78, 5) is 22.5. The molecule has 6 nitrogen and oxygen atoms in total. The molecule has 1 fully saturated rings. The van der Waals surface area contributed by atoms with E-state index in [1.807, 2.05) is 6.07 Å². The van der Waals surface area contributed by atoms with Gasteiger partial charge in [-0.05, 0) is 12.1 Å². The van der Waals surface area contributed by atoms with Crippen LogP contribution in [0.15, 0.2) is 18.2 Å². The van der Waals surface area contributed by atoms with E-state index in [4.69, 9.17) is 10.00 Å². The summed E-state index contributed by atoms with van der Waals surface area (Å²) in [6, 6.07) is 5.34. The smallest absolute Gasteiger partial charge is 0.322 e. The first-order valence-corrected chi connectivity index (χ1v) is 4.85. The SMILES string of the molecule is COc1cc(C#N)ccc1C1NC(=O)NC1=O. The number of ether oxygens (including phenoxy) is 1. The highest BCUT2D eigenvalue weighted by Crippen LogP contribution is 2.27. The number of hydrogen-bond donors (Lipinski definition) is 2. The second-order valence-electron chi connectivity index (χ2n) is 3.46. The van der Waals surface area contributed by atoms with Gasteiger partial charge in [0, 0.05) is 5.56 Å². The Balaban J connectivity index is 2.42. The number of nitriles is 1. The van der Waals surface area contributed by atoms with Gasteiger partial charge in [-0.2, -0.15) is 5.26 Å². The Morgan fingerprint density at radius 2 is 2.18 bits per heavy atom. The number of hydrogen-bond acceptors (Lipinski definition) is 4. The van der Waals surface area contributed by atoms with Crippen molar-refractivity contribution in [1.29, 1.82) is 5.26 Å². The van der Waals surface area contributed by atoms with Crippen molar-refractivity contribution in [3.05, 3.63) is 29.3 Å². The first-order valence-electron chi connectivity index (χ1n) is 4.85. The zero-order valence-corrected chi connectivity index (χ0v) is 8.98. The van der Waals surface area contributed by atoms with Gasteiger partial charge in [0.2, 0.25) is 0 Å². The van der Waals surface area contributed by atoms with Crippen LogP contribution in [0.3, 0.4) is 0 Å². The minimum Gasteiger partial charge on any atom is -0.496 e. The van der Waals surface area contributed by atoms with Gasteiger partial charge in [-0.1, -0.05) is 6.07 Å². The Morgan fingerprint density at radius 1 is 1.41 bits per heavy atom. The third-order valence-corrected chi connectivity index (χ3v) is 2.45. The number of carbonyl (C=O) groups is 2. The number of methoxy groups -OCH3 is 1. The number of nitrogens with zero attached hydrogens (tertiary/aromatic N) is 1. The number of nitrogens with one attached hydrogen (secondary N) is 2. The Morgan fingerprint density at radius 3 is 2.71 bits per heavy atom. The quantitative estimate of drug-likeness (QED) is 0.723. The lowest BCUT2D eigenvalue weighted by atomic mass is 10.0. The van der Waals surface area contributed by atoms with Crippen LogP contribution >= 0.6 is 0 Å². The standard InChI is InChI=1S/C11H9N3O3/c1-17-8-4-6(5-12)2-3-7(8)9-10(15)14-11(16)13-9/h2-4,9H,1H3,(H2,13,14,15,16). The molecule has 17 heavy (non-hydrogen) atoms. The number of carbonyl (C=O) groups excluding carboxylic acids is 2. The molecule has 0 saturated carbocycles. The van der Waals surface area contributed by atoms with Gasteiger partial charge in [0.05, 0.1) is 18.7 Å². The van der Waals surface area contributed by atoms with Crippen molar-refractivity contribution in [2.75, 3.05) is 7.11 Å². The molecule has 1 aliphatic heterocycles. The summed E-state index contributed by atoms with van der Waals surface area (Å²) in [5.41, 5.74) is 0.949. The molecule has 1 aliphatic rings. The third kappa shape index (κ3) is 1.90. The summed E-state index contributed by atoms with van der Waals surface area (Å²) in [7, 11) is 1.44. The Labute approximate surface area is 97.2 Å². The van der Waals surface area contributed by atoms with E-state index in [0.717, 1.165) is 0 Å². The van der Waals surface area contributed by atoms with E-state index in [9.17, 15) is 9.59 Å². The highest BCUT2D eigenvalue weighted by Gasteiger charge is 2.32. The number of amides is 3. The average molecular weight is 231 g/mol. The van der Waals surface area contributed by atoms with Crippen molar-refractivity contribution in [3.63, 3.8) is 0 Å². The predicted octanol–water partition coefficient (Wildman–Crippen LogP) is 0.447. The van der Waals surface area contributed by atoms with Gasteiger partial charge >= 0.3 is 6.03 Å². The molecule has 1 aromatic rings. The Hall–Kier alpha value is -2.55. The molecule has 0 aliphatic carbocycles. The Bertz CT molecular complexity index is 533. The highest BCUT2D eigenvalue weighted by molar-refractivity contribution is 6.04. The van der Waals surface area contributed by atoms with Gasteiger partial charge in [0.25, 0.3) is 5.91 Å². The van der Waals surface area contributed by atoms with E-state index in [-0.39, 0.29) is 0 Å². The maximum absolute atomic E-state index is 11.5. The summed E-state index contributed by atoms with van der Waals surface area (Å²) >= 11 is 0. The highest BCUT2D eigenvalue weighted by atomic mass is 16.5. The number of urea groups is 1. The molecule has 0 spiro atoms. The molecular weight excluding hydrogens is 222 g/mol. The van der Waals surface area contributed by atoms with Crippen LogP contribution in [0.2, 0.25) is 0 Å². The van der Waals surface area contributed by atoms with Gasteiger partial charge in [-0.3, -0.25) is 10.1 Å². The molecule has 86 valence electrons. The molecule has 0 bridgehead atoms. The fraction of sp³-hybridized carbons (Fsp3) is 0.182. The number of imide groups is 1. The summed E-state index contributed by atoms with van der Waals surface area (Å²) in [6.07, 6.45) is 0. The van der Waals surface area contributed by atoms with Crippen LogP contribution in [-0.4, -0.2) is 19.0 Å². The van der Waals surface area contributed by atoms with Gasteiger partial charge in [0.1, 0.15) is 11.8 Å². The molecular formula is C11H9N3O3. The first kappa shape index (κ1) is 11.0. The van der Waals surface area contributed by atoms with E-state index in [0.29, 0.717) is 16.9 Å². The molecule has 1 atom stereocenters. The number of benzene rings is 1. The Kier molecular flexibility index (Phi) is 2.66. The van der Waals surface area contributed by atoms with Crippen molar-refractivity contribution >= 4 is 11.9 Å². The van der Waals surface area contributed by atoms with Gasteiger partial charge < -0.3 is 10.1 Å². The van der Waals surface area contributed by atoms with Gasteiger partial charge in [0.15, 0.2) is 0 Å². The first-order chi connectivity index (χ1) is 8.15. The van der Waals surface area contributed by atoms with E-state index in [1.165, 1.54) is 13.2 Å². The predicted molar refractivity (Wildman–Crippen MR) is 57.1 cm³/mol. The average Bonchev–Trinajstić information content (AvgIpc) is 2.67. The maximum Gasteiger partial charge on any atom is 0.322 e. The molecule has 0 radical (unpaired) electrons. The van der Waals surface area contributed by atoms with Crippen LogP contribution in [0.1, 0.15) is 17.2 Å². The van der Waals surface area contributed by atoms with Crippen LogP contribution in [0.25, 0.3) is 0 Å². The molecule has 3 amide bonds. The zero-order chi connectivity index (χ0) is 12.4. The topological polar surface area (TPSA) is 91.2 Å². The molecule has 1 heterocycles. The third-order valence-electron chi connectivity index (χ3n) is 2.45. The summed E-state index contributed by atoms with van der Waals surface area (Å²) in [5.74, 6) is -0.0376. The summed E-state index contributed by atoms with van der Waals surface area (Å²) in [5, 5.41) is 13.4. The maximum atomic E-state index is 11.5. The van der Waals surface area contributed by atoms with Crippen molar-refractivity contribution in [2.24, 2.45) is 0 Å². The summed E-state index contributed by atoms with van der Waals surface area (Å²) in [6.45, 7) is 0. The van der Waals surface area contributed by atoms with E-state index < -0.39 is 18.0 Å².